The molecule has 0 saturated carbocycles. The highest BCUT2D eigenvalue weighted by atomic mass is 16.5. The molecule has 4 nitrogen and oxygen atoms in total. The zero-order valence-electron chi connectivity index (χ0n) is 11.9. The number of nitrogens with zero attached hydrogens (tertiary/aromatic N) is 1. The van der Waals surface area contributed by atoms with Crippen LogP contribution in [0, 0.1) is 6.92 Å². The summed E-state index contributed by atoms with van der Waals surface area (Å²) < 4.78 is 10.4. The molecule has 0 fully saturated rings. The van der Waals surface area contributed by atoms with Gasteiger partial charge in [-0.2, -0.15) is 5.10 Å². The monoisotopic (exact) mass is 270 g/mol. The van der Waals surface area contributed by atoms with Crippen molar-refractivity contribution < 1.29 is 9.47 Å². The van der Waals surface area contributed by atoms with Crippen LogP contribution >= 0.6 is 0 Å². The second kappa shape index (κ2) is 6.61. The number of ether oxygens (including phenoxy) is 2. The Morgan fingerprint density at radius 2 is 1.70 bits per heavy atom. The number of hydrogen-bond acceptors (Lipinski definition) is 4. The summed E-state index contributed by atoms with van der Waals surface area (Å²) in [6.45, 7) is 2.04. The highest BCUT2D eigenvalue weighted by Gasteiger charge is 1.99. The third-order valence-electron chi connectivity index (χ3n) is 2.80. The fourth-order valence-corrected chi connectivity index (χ4v) is 1.80. The first-order chi connectivity index (χ1) is 9.71. The van der Waals surface area contributed by atoms with E-state index in [4.69, 9.17) is 9.47 Å². The Kier molecular flexibility index (Phi) is 4.60. The molecule has 0 aliphatic heterocycles. The van der Waals surface area contributed by atoms with Crippen LogP contribution in [0.5, 0.6) is 11.5 Å². The maximum absolute atomic E-state index is 5.22. The van der Waals surface area contributed by atoms with Crippen molar-refractivity contribution in [3.8, 4) is 11.5 Å². The molecule has 2 rings (SSSR count). The van der Waals surface area contributed by atoms with Crippen LogP contribution < -0.4 is 14.9 Å². The summed E-state index contributed by atoms with van der Waals surface area (Å²) in [5.74, 6) is 1.47. The number of benzene rings is 2. The lowest BCUT2D eigenvalue weighted by atomic mass is 10.2. The van der Waals surface area contributed by atoms with Crippen molar-refractivity contribution in [3.05, 3.63) is 53.6 Å². The Labute approximate surface area is 119 Å². The number of methoxy groups -OCH3 is 2. The van der Waals surface area contributed by atoms with Crippen molar-refractivity contribution in [1.82, 2.24) is 0 Å². The van der Waals surface area contributed by atoms with E-state index in [0.29, 0.717) is 0 Å². The van der Waals surface area contributed by atoms with E-state index >= 15 is 0 Å². The number of nitrogens with one attached hydrogen (secondary N) is 1. The highest BCUT2D eigenvalue weighted by Crippen LogP contribution is 2.21. The van der Waals surface area contributed by atoms with Gasteiger partial charge in [0.25, 0.3) is 0 Å². The van der Waals surface area contributed by atoms with Gasteiger partial charge in [-0.15, -0.1) is 0 Å². The van der Waals surface area contributed by atoms with E-state index in [0.717, 1.165) is 22.7 Å². The lowest BCUT2D eigenvalue weighted by Gasteiger charge is -2.05. The quantitative estimate of drug-likeness (QED) is 0.668. The Morgan fingerprint density at radius 3 is 2.30 bits per heavy atom. The third kappa shape index (κ3) is 3.75. The van der Waals surface area contributed by atoms with Crippen LogP contribution in [0.2, 0.25) is 0 Å². The van der Waals surface area contributed by atoms with Gasteiger partial charge in [0.05, 0.1) is 26.1 Å². The molecule has 0 atom stereocenters. The van der Waals surface area contributed by atoms with Crippen LogP contribution in [0.3, 0.4) is 0 Å². The lowest BCUT2D eigenvalue weighted by molar-refractivity contribution is 0.394. The third-order valence-corrected chi connectivity index (χ3v) is 2.80. The summed E-state index contributed by atoms with van der Waals surface area (Å²) in [4.78, 5) is 0. The minimum absolute atomic E-state index is 0.737. The van der Waals surface area contributed by atoms with Gasteiger partial charge in [0.2, 0.25) is 0 Å². The molecule has 0 aromatic heterocycles. The van der Waals surface area contributed by atoms with Crippen LogP contribution in [0.1, 0.15) is 11.1 Å². The summed E-state index contributed by atoms with van der Waals surface area (Å²) in [7, 11) is 3.25. The molecule has 0 aliphatic carbocycles. The van der Waals surface area contributed by atoms with E-state index in [1.807, 2.05) is 49.4 Å². The summed E-state index contributed by atoms with van der Waals surface area (Å²) in [5.41, 5.74) is 6.04. The fraction of sp³-hybridized carbons (Fsp3) is 0.188. The summed E-state index contributed by atoms with van der Waals surface area (Å²) in [6, 6.07) is 13.6. The highest BCUT2D eigenvalue weighted by molar-refractivity contribution is 5.81. The van der Waals surface area contributed by atoms with Crippen molar-refractivity contribution in [3.63, 3.8) is 0 Å². The summed E-state index contributed by atoms with van der Waals surface area (Å²) in [5, 5.41) is 4.22. The van der Waals surface area contributed by atoms with Crippen LogP contribution in [0.15, 0.2) is 47.6 Å². The minimum atomic E-state index is 0.737. The molecule has 1 N–H and O–H groups in total. The first-order valence-electron chi connectivity index (χ1n) is 6.30. The van der Waals surface area contributed by atoms with Gasteiger partial charge in [0, 0.05) is 11.6 Å². The van der Waals surface area contributed by atoms with Gasteiger partial charge >= 0.3 is 0 Å². The maximum atomic E-state index is 5.22. The van der Waals surface area contributed by atoms with Gasteiger partial charge < -0.3 is 9.47 Å². The van der Waals surface area contributed by atoms with Gasteiger partial charge in [-0.25, -0.2) is 0 Å². The molecule has 0 radical (unpaired) electrons. The van der Waals surface area contributed by atoms with E-state index in [2.05, 4.69) is 10.5 Å². The van der Waals surface area contributed by atoms with Crippen molar-refractivity contribution in [2.75, 3.05) is 19.6 Å². The Balaban J connectivity index is 2.11. The summed E-state index contributed by atoms with van der Waals surface area (Å²) >= 11 is 0. The van der Waals surface area contributed by atoms with Crippen molar-refractivity contribution in [2.24, 2.45) is 5.10 Å². The Bertz CT molecular complexity index is 587. The average molecular weight is 270 g/mol. The molecule has 0 unspecified atom stereocenters. The predicted molar refractivity (Wildman–Crippen MR) is 81.9 cm³/mol. The van der Waals surface area contributed by atoms with Crippen LogP contribution in [-0.2, 0) is 0 Å². The normalized spacial score (nSPS) is 10.6. The lowest BCUT2D eigenvalue weighted by Crippen LogP contribution is -1.93. The van der Waals surface area contributed by atoms with Crippen molar-refractivity contribution >= 4 is 11.9 Å². The molecular weight excluding hydrogens is 252 g/mol. The molecule has 4 heteroatoms. The van der Waals surface area contributed by atoms with Crippen molar-refractivity contribution in [2.45, 2.75) is 6.92 Å². The number of hydrazone groups is 1. The van der Waals surface area contributed by atoms with E-state index < -0.39 is 0 Å². The number of anilines is 1. The molecule has 0 bridgehead atoms. The molecule has 0 spiro atoms. The smallest absolute Gasteiger partial charge is 0.123 e. The largest absolute Gasteiger partial charge is 0.497 e. The van der Waals surface area contributed by atoms with E-state index in [1.54, 1.807) is 20.4 Å². The first-order valence-corrected chi connectivity index (χ1v) is 6.30. The maximum Gasteiger partial charge on any atom is 0.123 e. The molecule has 0 saturated heterocycles. The minimum Gasteiger partial charge on any atom is -0.497 e. The summed E-state index contributed by atoms with van der Waals surface area (Å²) in [6.07, 6.45) is 1.73. The van der Waals surface area contributed by atoms with Gasteiger partial charge in [-0.3, -0.25) is 5.43 Å². The molecular formula is C16H18N2O2. The second-order valence-corrected chi connectivity index (χ2v) is 4.39. The van der Waals surface area contributed by atoms with Gasteiger partial charge in [0.1, 0.15) is 11.5 Å². The Morgan fingerprint density at radius 1 is 1.00 bits per heavy atom. The SMILES string of the molecule is COc1cc(/C=N\Nc2cccc(C)c2)cc(OC)c1. The van der Waals surface area contributed by atoms with Gasteiger partial charge in [-0.05, 0) is 36.8 Å². The zero-order valence-corrected chi connectivity index (χ0v) is 11.9. The van der Waals surface area contributed by atoms with Gasteiger partial charge in [0.15, 0.2) is 0 Å². The standard InChI is InChI=1S/C16H18N2O2/c1-12-5-4-6-14(7-12)18-17-11-13-8-15(19-2)10-16(9-13)20-3/h4-11,18H,1-3H3/b17-11-. The second-order valence-electron chi connectivity index (χ2n) is 4.39. The average Bonchev–Trinajstić information content (AvgIpc) is 2.47. The van der Waals surface area contributed by atoms with Crippen molar-refractivity contribution in [1.29, 1.82) is 0 Å². The van der Waals surface area contributed by atoms with Gasteiger partial charge in [-0.1, -0.05) is 12.1 Å². The number of aryl methyl sites for hydroxylation is 1. The fourth-order valence-electron chi connectivity index (χ4n) is 1.80. The van der Waals surface area contributed by atoms with E-state index in [1.165, 1.54) is 5.56 Å². The van der Waals surface area contributed by atoms with Crippen LogP contribution in [-0.4, -0.2) is 20.4 Å². The number of hydrogen-bond donors (Lipinski definition) is 1. The number of rotatable bonds is 5. The first kappa shape index (κ1) is 13.9. The van der Waals surface area contributed by atoms with E-state index in [9.17, 15) is 0 Å². The molecule has 0 amide bonds. The molecule has 20 heavy (non-hydrogen) atoms. The van der Waals surface area contributed by atoms with Crippen LogP contribution in [0.25, 0.3) is 0 Å². The van der Waals surface area contributed by atoms with Crippen LogP contribution in [0.4, 0.5) is 5.69 Å². The molecule has 0 heterocycles. The molecule has 2 aromatic rings. The topological polar surface area (TPSA) is 42.8 Å². The zero-order chi connectivity index (χ0) is 14.4. The predicted octanol–water partition coefficient (Wildman–Crippen LogP) is 3.46. The molecule has 0 aliphatic rings. The van der Waals surface area contributed by atoms with E-state index in [-0.39, 0.29) is 0 Å². The molecule has 2 aromatic carbocycles. The Hall–Kier alpha value is -2.49. The molecule has 104 valence electrons.